The van der Waals surface area contributed by atoms with Crippen LogP contribution in [0.5, 0.6) is 0 Å². The maximum atomic E-state index is 5.50. The molecular formula is C13H20N2. The first-order valence-electron chi connectivity index (χ1n) is 5.22. The van der Waals surface area contributed by atoms with Gasteiger partial charge in [0.15, 0.2) is 0 Å². The van der Waals surface area contributed by atoms with Crippen LogP contribution in [-0.4, -0.2) is 6.04 Å². The molecular weight excluding hydrogens is 184 g/mol. The highest BCUT2D eigenvalue weighted by Gasteiger charge is 2.09. The van der Waals surface area contributed by atoms with E-state index in [4.69, 9.17) is 5.84 Å². The van der Waals surface area contributed by atoms with Gasteiger partial charge in [-0.3, -0.25) is 11.3 Å². The Kier molecular flexibility index (Phi) is 4.06. The third kappa shape index (κ3) is 3.18. The molecule has 1 aromatic rings. The highest BCUT2D eigenvalue weighted by molar-refractivity contribution is 5.32. The largest absolute Gasteiger partial charge is 0.271 e. The molecule has 1 rings (SSSR count). The second-order valence-corrected chi connectivity index (χ2v) is 4.20. The Morgan fingerprint density at radius 1 is 1.47 bits per heavy atom. The summed E-state index contributed by atoms with van der Waals surface area (Å²) in [6, 6.07) is 6.65. The lowest BCUT2D eigenvalue weighted by atomic mass is 9.96. The average molecular weight is 204 g/mol. The molecule has 0 aliphatic heterocycles. The van der Waals surface area contributed by atoms with Crippen molar-refractivity contribution in [3.05, 3.63) is 47.0 Å². The molecule has 0 saturated carbocycles. The number of nitrogens with two attached hydrogens (primary N) is 1. The van der Waals surface area contributed by atoms with E-state index in [-0.39, 0.29) is 6.04 Å². The lowest BCUT2D eigenvalue weighted by Crippen LogP contribution is -2.37. The summed E-state index contributed by atoms with van der Waals surface area (Å²) in [6.07, 6.45) is 0.902. The molecule has 2 nitrogen and oxygen atoms in total. The first kappa shape index (κ1) is 12.0. The molecule has 0 amide bonds. The molecule has 0 radical (unpaired) electrons. The molecule has 0 aliphatic rings. The van der Waals surface area contributed by atoms with Gasteiger partial charge in [-0.1, -0.05) is 35.9 Å². The van der Waals surface area contributed by atoms with Crippen molar-refractivity contribution in [2.24, 2.45) is 5.84 Å². The van der Waals surface area contributed by atoms with Gasteiger partial charge in [0.25, 0.3) is 0 Å². The summed E-state index contributed by atoms with van der Waals surface area (Å²) in [6.45, 7) is 10.2. The van der Waals surface area contributed by atoms with E-state index < -0.39 is 0 Å². The smallest absolute Gasteiger partial charge is 0.0454 e. The quantitative estimate of drug-likeness (QED) is 0.448. The molecule has 15 heavy (non-hydrogen) atoms. The summed E-state index contributed by atoms with van der Waals surface area (Å²) in [4.78, 5) is 0. The second kappa shape index (κ2) is 5.10. The first-order valence-corrected chi connectivity index (χ1v) is 5.22. The predicted octanol–water partition coefficient (Wildman–Crippen LogP) is 2.25. The lowest BCUT2D eigenvalue weighted by molar-refractivity contribution is 0.590. The molecule has 82 valence electrons. The van der Waals surface area contributed by atoms with Gasteiger partial charge in [-0.15, -0.1) is 0 Å². The Bertz CT molecular complexity index is 356. The molecule has 0 spiro atoms. The molecule has 0 aromatic heterocycles. The van der Waals surface area contributed by atoms with Crippen molar-refractivity contribution in [3.63, 3.8) is 0 Å². The van der Waals surface area contributed by atoms with Gasteiger partial charge in [-0.25, -0.2) is 0 Å². The fourth-order valence-corrected chi connectivity index (χ4v) is 1.62. The SMILES string of the molecule is C=C(C)C(Cc1cc(C)ccc1C)NN. The molecule has 1 unspecified atom stereocenters. The van der Waals surface area contributed by atoms with Crippen LogP contribution in [-0.2, 0) is 6.42 Å². The second-order valence-electron chi connectivity index (χ2n) is 4.20. The molecule has 0 fully saturated rings. The van der Waals surface area contributed by atoms with Gasteiger partial charge in [0.1, 0.15) is 0 Å². The van der Waals surface area contributed by atoms with E-state index in [0.717, 1.165) is 12.0 Å². The number of aryl methyl sites for hydroxylation is 2. The Labute approximate surface area is 92.2 Å². The molecule has 1 aromatic carbocycles. The van der Waals surface area contributed by atoms with Gasteiger partial charge >= 0.3 is 0 Å². The highest BCUT2D eigenvalue weighted by atomic mass is 15.2. The van der Waals surface area contributed by atoms with E-state index in [0.29, 0.717) is 0 Å². The third-order valence-electron chi connectivity index (χ3n) is 2.72. The van der Waals surface area contributed by atoms with Crippen LogP contribution < -0.4 is 11.3 Å². The Hall–Kier alpha value is -1.12. The van der Waals surface area contributed by atoms with Crippen LogP contribution in [0.25, 0.3) is 0 Å². The predicted molar refractivity (Wildman–Crippen MR) is 65.5 cm³/mol. The van der Waals surface area contributed by atoms with Crippen molar-refractivity contribution in [2.45, 2.75) is 33.2 Å². The maximum absolute atomic E-state index is 5.50. The van der Waals surface area contributed by atoms with Gasteiger partial charge in [-0.2, -0.15) is 0 Å². The van der Waals surface area contributed by atoms with E-state index in [1.165, 1.54) is 16.7 Å². The number of hydrogen-bond acceptors (Lipinski definition) is 2. The van der Waals surface area contributed by atoms with Crippen molar-refractivity contribution >= 4 is 0 Å². The number of rotatable bonds is 4. The molecule has 0 aliphatic carbocycles. The summed E-state index contributed by atoms with van der Waals surface area (Å²) < 4.78 is 0. The van der Waals surface area contributed by atoms with Crippen LogP contribution in [0.4, 0.5) is 0 Å². The Morgan fingerprint density at radius 2 is 2.13 bits per heavy atom. The van der Waals surface area contributed by atoms with Crippen molar-refractivity contribution in [2.75, 3.05) is 0 Å². The van der Waals surface area contributed by atoms with Crippen molar-refractivity contribution < 1.29 is 0 Å². The topological polar surface area (TPSA) is 38.0 Å². The number of hydrogen-bond donors (Lipinski definition) is 2. The minimum Gasteiger partial charge on any atom is -0.271 e. The summed E-state index contributed by atoms with van der Waals surface area (Å²) in [5.74, 6) is 5.50. The average Bonchev–Trinajstić information content (AvgIpc) is 2.18. The van der Waals surface area contributed by atoms with E-state index in [2.05, 4.69) is 44.1 Å². The number of nitrogens with one attached hydrogen (secondary N) is 1. The van der Waals surface area contributed by atoms with Crippen molar-refractivity contribution in [1.82, 2.24) is 5.43 Å². The van der Waals surface area contributed by atoms with Crippen LogP contribution in [0, 0.1) is 13.8 Å². The Balaban J connectivity index is 2.87. The first-order chi connectivity index (χ1) is 7.04. The molecule has 0 heterocycles. The van der Waals surface area contributed by atoms with E-state index in [1.54, 1.807) is 0 Å². The zero-order valence-corrected chi connectivity index (χ0v) is 9.80. The fourth-order valence-electron chi connectivity index (χ4n) is 1.62. The van der Waals surface area contributed by atoms with Crippen LogP contribution in [0.2, 0.25) is 0 Å². The van der Waals surface area contributed by atoms with Crippen LogP contribution in [0.3, 0.4) is 0 Å². The van der Waals surface area contributed by atoms with Gasteiger partial charge in [0.2, 0.25) is 0 Å². The van der Waals surface area contributed by atoms with E-state index >= 15 is 0 Å². The van der Waals surface area contributed by atoms with Crippen LogP contribution in [0.1, 0.15) is 23.6 Å². The van der Waals surface area contributed by atoms with Gasteiger partial charge in [0, 0.05) is 6.04 Å². The van der Waals surface area contributed by atoms with Crippen LogP contribution in [0.15, 0.2) is 30.4 Å². The molecule has 3 N–H and O–H groups in total. The Morgan fingerprint density at radius 3 is 2.67 bits per heavy atom. The molecule has 0 bridgehead atoms. The minimum absolute atomic E-state index is 0.158. The van der Waals surface area contributed by atoms with E-state index in [9.17, 15) is 0 Å². The highest BCUT2D eigenvalue weighted by Crippen LogP contribution is 2.14. The zero-order chi connectivity index (χ0) is 11.4. The maximum Gasteiger partial charge on any atom is 0.0454 e. The lowest BCUT2D eigenvalue weighted by Gasteiger charge is -2.17. The van der Waals surface area contributed by atoms with Gasteiger partial charge < -0.3 is 0 Å². The number of hydrazine groups is 1. The molecule has 0 saturated heterocycles. The standard InChI is InChI=1S/C13H20N2/c1-9(2)13(15-14)8-12-7-10(3)5-6-11(12)4/h5-7,13,15H,1,8,14H2,2-4H3. The number of benzene rings is 1. The zero-order valence-electron chi connectivity index (χ0n) is 9.80. The van der Waals surface area contributed by atoms with Gasteiger partial charge in [-0.05, 0) is 38.3 Å². The van der Waals surface area contributed by atoms with Crippen LogP contribution >= 0.6 is 0 Å². The summed E-state index contributed by atoms with van der Waals surface area (Å²) >= 11 is 0. The van der Waals surface area contributed by atoms with Crippen molar-refractivity contribution in [1.29, 1.82) is 0 Å². The normalized spacial score (nSPS) is 12.5. The van der Waals surface area contributed by atoms with Gasteiger partial charge in [0.05, 0.1) is 0 Å². The molecule has 2 heteroatoms. The summed E-state index contributed by atoms with van der Waals surface area (Å²) in [5.41, 5.74) is 7.79. The minimum atomic E-state index is 0.158. The fraction of sp³-hybridized carbons (Fsp3) is 0.385. The summed E-state index contributed by atoms with van der Waals surface area (Å²) in [5, 5.41) is 0. The van der Waals surface area contributed by atoms with E-state index in [1.807, 2.05) is 6.92 Å². The van der Waals surface area contributed by atoms with Crippen molar-refractivity contribution in [3.8, 4) is 0 Å². The summed E-state index contributed by atoms with van der Waals surface area (Å²) in [7, 11) is 0. The monoisotopic (exact) mass is 204 g/mol. The third-order valence-corrected chi connectivity index (χ3v) is 2.72. The molecule has 1 atom stereocenters.